The zero-order chi connectivity index (χ0) is 25.3. The maximum absolute atomic E-state index is 13.0. The highest BCUT2D eigenvalue weighted by Gasteiger charge is 2.51. The van der Waals surface area contributed by atoms with Crippen molar-refractivity contribution < 1.29 is 17.7 Å². The van der Waals surface area contributed by atoms with Gasteiger partial charge in [0.2, 0.25) is 5.89 Å². The van der Waals surface area contributed by atoms with Crippen LogP contribution in [-0.2, 0) is 18.1 Å². The Morgan fingerprint density at radius 1 is 1.08 bits per heavy atom. The molecule has 1 aromatic heterocycles. The molecule has 2 fully saturated rings. The molecule has 192 valence electrons. The molecule has 2 heterocycles. The lowest BCUT2D eigenvalue weighted by atomic mass is 9.88. The summed E-state index contributed by atoms with van der Waals surface area (Å²) >= 11 is 12.5. The lowest BCUT2D eigenvalue weighted by molar-refractivity contribution is -0.137. The van der Waals surface area contributed by atoms with Crippen molar-refractivity contribution in [1.82, 2.24) is 20.4 Å². The van der Waals surface area contributed by atoms with Gasteiger partial charge in [0.25, 0.3) is 0 Å². The summed E-state index contributed by atoms with van der Waals surface area (Å²) in [5, 5.41) is 8.78. The summed E-state index contributed by atoms with van der Waals surface area (Å²) in [6.07, 6.45) is -0.772. The van der Waals surface area contributed by atoms with E-state index in [1.54, 1.807) is 6.07 Å². The number of aromatic nitrogens is 2. The summed E-state index contributed by atoms with van der Waals surface area (Å²) in [7, 11) is 0. The second kappa shape index (κ2) is 10.3. The molecule has 1 saturated heterocycles. The third-order valence-electron chi connectivity index (χ3n) is 7.25. The Kier molecular flexibility index (Phi) is 7.32. The molecule has 3 aromatic rings. The molecule has 0 bridgehead atoms. The Morgan fingerprint density at radius 3 is 2.56 bits per heavy atom. The molecule has 2 aromatic carbocycles. The predicted molar refractivity (Wildman–Crippen MR) is 132 cm³/mol. The van der Waals surface area contributed by atoms with Gasteiger partial charge in [0.05, 0.1) is 17.5 Å². The summed E-state index contributed by atoms with van der Waals surface area (Å²) < 4.78 is 44.5. The molecular weight excluding hydrogens is 512 g/mol. The zero-order valence-electron chi connectivity index (χ0n) is 19.6. The van der Waals surface area contributed by atoms with Gasteiger partial charge in [0.1, 0.15) is 0 Å². The number of benzene rings is 2. The number of alkyl halides is 3. The molecule has 1 N–H and O–H groups in total. The minimum atomic E-state index is -4.30. The zero-order valence-corrected chi connectivity index (χ0v) is 21.1. The van der Waals surface area contributed by atoms with Crippen LogP contribution in [0.3, 0.4) is 0 Å². The number of hydrogen-bond acceptors (Lipinski definition) is 5. The number of likely N-dealkylation sites (tertiary alicyclic amines) is 1. The number of nitrogens with zero attached hydrogens (tertiary/aromatic N) is 3. The van der Waals surface area contributed by atoms with Gasteiger partial charge in [-0.2, -0.15) is 18.2 Å². The van der Waals surface area contributed by atoms with Crippen LogP contribution in [-0.4, -0.2) is 41.2 Å². The average molecular weight is 539 g/mol. The Bertz CT molecular complexity index is 1200. The average Bonchev–Trinajstić information content (AvgIpc) is 3.51. The number of rotatable bonds is 8. The topological polar surface area (TPSA) is 54.2 Å². The first-order valence-corrected chi connectivity index (χ1v) is 12.9. The van der Waals surface area contributed by atoms with Crippen molar-refractivity contribution in [2.75, 3.05) is 26.2 Å². The molecule has 0 atom stereocenters. The Balaban J connectivity index is 1.07. The van der Waals surface area contributed by atoms with Crippen molar-refractivity contribution in [3.63, 3.8) is 0 Å². The first-order valence-electron chi connectivity index (χ1n) is 12.1. The van der Waals surface area contributed by atoms with Gasteiger partial charge in [0, 0.05) is 23.1 Å². The molecule has 0 radical (unpaired) electrons. The van der Waals surface area contributed by atoms with Gasteiger partial charge in [-0.05, 0) is 74.0 Å². The summed E-state index contributed by atoms with van der Waals surface area (Å²) in [5.74, 6) is 1.35. The largest absolute Gasteiger partial charge is 0.416 e. The SMILES string of the molecule is FC(F)(F)c1cccc(C2CCN(CCNCc3nc(C4(c5ccc(Cl)cc5Cl)CC4)no3)CC2)c1. The summed E-state index contributed by atoms with van der Waals surface area (Å²) in [6.45, 7) is 3.79. The van der Waals surface area contributed by atoms with E-state index in [4.69, 9.17) is 27.7 Å². The van der Waals surface area contributed by atoms with E-state index in [2.05, 4.69) is 20.4 Å². The lowest BCUT2D eigenvalue weighted by Crippen LogP contribution is -2.37. The van der Waals surface area contributed by atoms with Crippen molar-refractivity contribution >= 4 is 23.2 Å². The van der Waals surface area contributed by atoms with E-state index in [0.717, 1.165) is 69.1 Å². The molecule has 1 aliphatic heterocycles. The number of nitrogens with one attached hydrogen (secondary N) is 1. The van der Waals surface area contributed by atoms with E-state index in [1.165, 1.54) is 12.1 Å². The fraction of sp³-hybridized carbons (Fsp3) is 0.462. The van der Waals surface area contributed by atoms with Crippen LogP contribution in [0.4, 0.5) is 13.2 Å². The van der Waals surface area contributed by atoms with Crippen LogP contribution in [0.2, 0.25) is 10.0 Å². The van der Waals surface area contributed by atoms with E-state index >= 15 is 0 Å². The number of piperidine rings is 1. The van der Waals surface area contributed by atoms with Gasteiger partial charge in [-0.15, -0.1) is 0 Å². The fourth-order valence-corrected chi connectivity index (χ4v) is 5.62. The molecule has 5 nitrogen and oxygen atoms in total. The third kappa shape index (κ3) is 5.57. The van der Waals surface area contributed by atoms with Gasteiger partial charge in [-0.3, -0.25) is 0 Å². The molecule has 5 rings (SSSR count). The van der Waals surface area contributed by atoms with Crippen LogP contribution in [0, 0.1) is 0 Å². The fourth-order valence-electron chi connectivity index (χ4n) is 5.03. The smallest absolute Gasteiger partial charge is 0.338 e. The van der Waals surface area contributed by atoms with E-state index in [1.807, 2.05) is 18.2 Å². The molecule has 10 heteroatoms. The Labute approximate surface area is 218 Å². The molecule has 1 aliphatic carbocycles. The van der Waals surface area contributed by atoms with Crippen molar-refractivity contribution in [3.8, 4) is 0 Å². The van der Waals surface area contributed by atoms with Crippen LogP contribution < -0.4 is 5.32 Å². The lowest BCUT2D eigenvalue weighted by Gasteiger charge is -2.32. The van der Waals surface area contributed by atoms with E-state index < -0.39 is 11.7 Å². The number of hydrogen-bond donors (Lipinski definition) is 1. The monoisotopic (exact) mass is 538 g/mol. The Morgan fingerprint density at radius 2 is 1.86 bits per heavy atom. The Hall–Kier alpha value is -2.13. The maximum atomic E-state index is 13.0. The van der Waals surface area contributed by atoms with Gasteiger partial charge >= 0.3 is 6.18 Å². The van der Waals surface area contributed by atoms with Crippen LogP contribution >= 0.6 is 23.2 Å². The second-order valence-corrected chi connectivity index (χ2v) is 10.5. The van der Waals surface area contributed by atoms with Gasteiger partial charge in [-0.1, -0.05) is 52.6 Å². The van der Waals surface area contributed by atoms with Crippen molar-refractivity contribution in [1.29, 1.82) is 0 Å². The quantitative estimate of drug-likeness (QED) is 0.334. The van der Waals surface area contributed by atoms with Crippen LogP contribution in [0.5, 0.6) is 0 Å². The van der Waals surface area contributed by atoms with E-state index in [9.17, 15) is 13.2 Å². The van der Waals surface area contributed by atoms with Crippen molar-refractivity contribution in [2.45, 2.75) is 49.7 Å². The highest BCUT2D eigenvalue weighted by molar-refractivity contribution is 6.35. The summed E-state index contributed by atoms with van der Waals surface area (Å²) in [5.41, 5.74) is 0.887. The van der Waals surface area contributed by atoms with Gasteiger partial charge in [-0.25, -0.2) is 0 Å². The van der Waals surface area contributed by atoms with Crippen LogP contribution in [0.25, 0.3) is 0 Å². The first kappa shape index (κ1) is 25.5. The highest BCUT2D eigenvalue weighted by atomic mass is 35.5. The van der Waals surface area contributed by atoms with Crippen LogP contribution in [0.15, 0.2) is 47.0 Å². The number of halogens is 5. The normalized spacial score (nSPS) is 18.5. The first-order chi connectivity index (χ1) is 17.2. The predicted octanol–water partition coefficient (Wildman–Crippen LogP) is 6.44. The molecule has 36 heavy (non-hydrogen) atoms. The second-order valence-electron chi connectivity index (χ2n) is 9.63. The van der Waals surface area contributed by atoms with Gasteiger partial charge in [0.15, 0.2) is 5.82 Å². The van der Waals surface area contributed by atoms with Crippen molar-refractivity contribution in [2.24, 2.45) is 0 Å². The van der Waals surface area contributed by atoms with Gasteiger partial charge < -0.3 is 14.7 Å². The van der Waals surface area contributed by atoms with E-state index in [0.29, 0.717) is 28.3 Å². The molecule has 2 aliphatic rings. The van der Waals surface area contributed by atoms with Crippen LogP contribution in [0.1, 0.15) is 60.0 Å². The third-order valence-corrected chi connectivity index (χ3v) is 7.79. The van der Waals surface area contributed by atoms with E-state index in [-0.39, 0.29) is 11.3 Å². The standard InChI is InChI=1S/C26H27Cl2F3N4O/c27-20-4-5-21(22(28)15-20)25(8-9-25)24-33-23(36-34-24)16-32-10-13-35-11-6-17(7-12-35)18-2-1-3-19(14-18)26(29,30)31/h1-5,14-15,17,32H,6-13,16H2. The molecule has 0 unspecified atom stereocenters. The minimum absolute atomic E-state index is 0.164. The molecule has 0 amide bonds. The summed E-state index contributed by atoms with van der Waals surface area (Å²) in [6, 6.07) is 11.2. The summed E-state index contributed by atoms with van der Waals surface area (Å²) in [4.78, 5) is 6.94. The molecule has 0 spiro atoms. The van der Waals surface area contributed by atoms with Crippen molar-refractivity contribution in [3.05, 3.63) is 80.9 Å². The molecule has 1 saturated carbocycles. The highest BCUT2D eigenvalue weighted by Crippen LogP contribution is 2.54. The maximum Gasteiger partial charge on any atom is 0.416 e. The molecular formula is C26H27Cl2F3N4O. The minimum Gasteiger partial charge on any atom is -0.338 e.